The molecule has 2 aliphatic rings. The monoisotopic (exact) mass is 274 g/mol. The Labute approximate surface area is 122 Å². The number of hydrogen-bond donors (Lipinski definition) is 1. The average molecular weight is 274 g/mol. The Kier molecular flexibility index (Phi) is 4.58. The van der Waals surface area contributed by atoms with E-state index in [0.717, 1.165) is 24.3 Å². The lowest BCUT2D eigenvalue weighted by atomic mass is 9.88. The van der Waals surface area contributed by atoms with Crippen molar-refractivity contribution in [1.82, 2.24) is 10.2 Å². The van der Waals surface area contributed by atoms with Crippen LogP contribution in [0, 0.1) is 5.92 Å². The quantitative estimate of drug-likeness (QED) is 0.913. The Morgan fingerprint density at radius 2 is 1.90 bits per heavy atom. The van der Waals surface area contributed by atoms with Crippen molar-refractivity contribution in [3.63, 3.8) is 0 Å². The molecule has 1 unspecified atom stereocenters. The molecule has 1 atom stereocenters. The van der Waals surface area contributed by atoms with Gasteiger partial charge in [-0.15, -0.1) is 0 Å². The first-order valence-corrected chi connectivity index (χ1v) is 7.94. The highest BCUT2D eigenvalue weighted by atomic mass is 16.5. The second-order valence-electron chi connectivity index (χ2n) is 6.16. The summed E-state index contributed by atoms with van der Waals surface area (Å²) in [4.78, 5) is 2.59. The summed E-state index contributed by atoms with van der Waals surface area (Å²) in [5.41, 5.74) is 1.39. The van der Waals surface area contributed by atoms with E-state index in [1.807, 2.05) is 0 Å². The number of nitrogens with one attached hydrogen (secondary N) is 1. The van der Waals surface area contributed by atoms with Crippen LogP contribution in [0.2, 0.25) is 0 Å². The van der Waals surface area contributed by atoms with Crippen LogP contribution in [0.4, 0.5) is 0 Å². The lowest BCUT2D eigenvalue weighted by Crippen LogP contribution is -2.40. The van der Waals surface area contributed by atoms with Gasteiger partial charge in [-0.05, 0) is 68.9 Å². The van der Waals surface area contributed by atoms with Crippen molar-refractivity contribution in [2.75, 3.05) is 26.7 Å². The van der Waals surface area contributed by atoms with E-state index in [4.69, 9.17) is 4.74 Å². The standard InChI is InChI=1S/C17H26N2O/c1-20-16-6-4-14(5-7-16)13-19-11-8-15(9-12-19)17-3-2-10-18-17/h4-7,15,17-18H,2-3,8-13H2,1H3. The predicted molar refractivity (Wildman–Crippen MR) is 82.0 cm³/mol. The number of ether oxygens (including phenoxy) is 1. The average Bonchev–Trinajstić information content (AvgIpc) is 3.03. The zero-order valence-electron chi connectivity index (χ0n) is 12.5. The van der Waals surface area contributed by atoms with E-state index in [2.05, 4.69) is 34.5 Å². The van der Waals surface area contributed by atoms with E-state index in [9.17, 15) is 0 Å². The van der Waals surface area contributed by atoms with Gasteiger partial charge in [0, 0.05) is 12.6 Å². The summed E-state index contributed by atoms with van der Waals surface area (Å²) in [6.07, 6.45) is 5.47. The fourth-order valence-electron chi connectivity index (χ4n) is 3.62. The molecule has 2 fully saturated rings. The zero-order valence-corrected chi connectivity index (χ0v) is 12.5. The van der Waals surface area contributed by atoms with E-state index in [1.54, 1.807) is 7.11 Å². The Morgan fingerprint density at radius 1 is 1.15 bits per heavy atom. The van der Waals surface area contributed by atoms with Crippen LogP contribution in [0.15, 0.2) is 24.3 Å². The summed E-state index contributed by atoms with van der Waals surface area (Å²) in [6.45, 7) is 4.80. The molecule has 110 valence electrons. The summed E-state index contributed by atoms with van der Waals surface area (Å²) in [7, 11) is 1.72. The minimum atomic E-state index is 0.804. The molecule has 2 saturated heterocycles. The number of rotatable bonds is 4. The molecule has 0 spiro atoms. The van der Waals surface area contributed by atoms with E-state index in [0.29, 0.717) is 0 Å². The smallest absolute Gasteiger partial charge is 0.118 e. The number of hydrogen-bond acceptors (Lipinski definition) is 3. The molecule has 3 nitrogen and oxygen atoms in total. The van der Waals surface area contributed by atoms with Crippen molar-refractivity contribution in [3.05, 3.63) is 29.8 Å². The molecular weight excluding hydrogens is 248 g/mol. The number of nitrogens with zero attached hydrogens (tertiary/aromatic N) is 1. The Balaban J connectivity index is 1.47. The third-order valence-electron chi connectivity index (χ3n) is 4.86. The van der Waals surface area contributed by atoms with E-state index < -0.39 is 0 Å². The van der Waals surface area contributed by atoms with Crippen LogP contribution >= 0.6 is 0 Å². The van der Waals surface area contributed by atoms with E-state index in [-0.39, 0.29) is 0 Å². The van der Waals surface area contributed by atoms with Crippen molar-refractivity contribution in [3.8, 4) is 5.75 Å². The summed E-state index contributed by atoms with van der Waals surface area (Å²) in [5, 5.41) is 3.67. The predicted octanol–water partition coefficient (Wildman–Crippen LogP) is 2.66. The molecule has 20 heavy (non-hydrogen) atoms. The normalized spacial score (nSPS) is 24.9. The summed E-state index contributed by atoms with van der Waals surface area (Å²) >= 11 is 0. The zero-order chi connectivity index (χ0) is 13.8. The van der Waals surface area contributed by atoms with Gasteiger partial charge in [-0.25, -0.2) is 0 Å². The minimum absolute atomic E-state index is 0.804. The van der Waals surface area contributed by atoms with Gasteiger partial charge in [0.05, 0.1) is 7.11 Å². The molecule has 0 bridgehead atoms. The third kappa shape index (κ3) is 3.33. The van der Waals surface area contributed by atoms with Crippen LogP contribution in [0.3, 0.4) is 0 Å². The Hall–Kier alpha value is -1.06. The van der Waals surface area contributed by atoms with Gasteiger partial charge in [-0.2, -0.15) is 0 Å². The maximum absolute atomic E-state index is 5.21. The van der Waals surface area contributed by atoms with Gasteiger partial charge in [0.2, 0.25) is 0 Å². The fraction of sp³-hybridized carbons (Fsp3) is 0.647. The van der Waals surface area contributed by atoms with Crippen LogP contribution < -0.4 is 10.1 Å². The second-order valence-corrected chi connectivity index (χ2v) is 6.16. The third-order valence-corrected chi connectivity index (χ3v) is 4.86. The molecule has 3 heteroatoms. The van der Waals surface area contributed by atoms with E-state index in [1.165, 1.54) is 50.9 Å². The Bertz CT molecular complexity index is 404. The highest BCUT2D eigenvalue weighted by Crippen LogP contribution is 2.26. The molecule has 2 aliphatic heterocycles. The highest BCUT2D eigenvalue weighted by Gasteiger charge is 2.28. The molecule has 1 N–H and O–H groups in total. The van der Waals surface area contributed by atoms with Crippen LogP contribution in [0.5, 0.6) is 5.75 Å². The van der Waals surface area contributed by atoms with Gasteiger partial charge in [-0.3, -0.25) is 4.90 Å². The van der Waals surface area contributed by atoms with Crippen LogP contribution in [-0.2, 0) is 6.54 Å². The molecule has 0 saturated carbocycles. The molecule has 0 aromatic heterocycles. The maximum atomic E-state index is 5.21. The molecule has 1 aromatic carbocycles. The lowest BCUT2D eigenvalue weighted by molar-refractivity contribution is 0.157. The topological polar surface area (TPSA) is 24.5 Å². The number of likely N-dealkylation sites (tertiary alicyclic amines) is 1. The first-order chi connectivity index (χ1) is 9.85. The van der Waals surface area contributed by atoms with Crippen LogP contribution in [0.25, 0.3) is 0 Å². The molecular formula is C17H26N2O. The van der Waals surface area contributed by atoms with Crippen LogP contribution in [-0.4, -0.2) is 37.7 Å². The molecule has 2 heterocycles. The van der Waals surface area contributed by atoms with E-state index >= 15 is 0 Å². The molecule has 3 rings (SSSR count). The maximum Gasteiger partial charge on any atom is 0.118 e. The van der Waals surface area contributed by atoms with Gasteiger partial charge in [-0.1, -0.05) is 12.1 Å². The highest BCUT2D eigenvalue weighted by molar-refractivity contribution is 5.27. The number of methoxy groups -OCH3 is 1. The number of benzene rings is 1. The van der Waals surface area contributed by atoms with Gasteiger partial charge >= 0.3 is 0 Å². The van der Waals surface area contributed by atoms with Crippen molar-refractivity contribution in [2.45, 2.75) is 38.3 Å². The van der Waals surface area contributed by atoms with Gasteiger partial charge in [0.15, 0.2) is 0 Å². The summed E-state index contributed by atoms with van der Waals surface area (Å²) in [6, 6.07) is 9.29. The summed E-state index contributed by atoms with van der Waals surface area (Å²) < 4.78 is 5.21. The van der Waals surface area contributed by atoms with Gasteiger partial charge in [0.1, 0.15) is 5.75 Å². The van der Waals surface area contributed by atoms with Crippen molar-refractivity contribution in [2.24, 2.45) is 5.92 Å². The van der Waals surface area contributed by atoms with Crippen molar-refractivity contribution >= 4 is 0 Å². The molecule has 0 amide bonds. The molecule has 0 radical (unpaired) electrons. The van der Waals surface area contributed by atoms with Crippen LogP contribution in [0.1, 0.15) is 31.2 Å². The number of piperidine rings is 1. The van der Waals surface area contributed by atoms with Crippen molar-refractivity contribution in [1.29, 1.82) is 0 Å². The second kappa shape index (κ2) is 6.59. The first kappa shape index (κ1) is 13.9. The van der Waals surface area contributed by atoms with Crippen molar-refractivity contribution < 1.29 is 4.74 Å². The largest absolute Gasteiger partial charge is 0.497 e. The molecule has 0 aliphatic carbocycles. The minimum Gasteiger partial charge on any atom is -0.497 e. The first-order valence-electron chi connectivity index (χ1n) is 7.94. The summed E-state index contributed by atoms with van der Waals surface area (Å²) in [5.74, 6) is 1.85. The van der Waals surface area contributed by atoms with Gasteiger partial charge < -0.3 is 10.1 Å². The lowest BCUT2D eigenvalue weighted by Gasteiger charge is -2.34. The molecule has 1 aromatic rings. The Morgan fingerprint density at radius 3 is 2.50 bits per heavy atom. The van der Waals surface area contributed by atoms with Gasteiger partial charge in [0.25, 0.3) is 0 Å². The fourth-order valence-corrected chi connectivity index (χ4v) is 3.62. The SMILES string of the molecule is COc1ccc(CN2CCC(C3CCCN3)CC2)cc1.